The summed E-state index contributed by atoms with van der Waals surface area (Å²) in [6.45, 7) is 9.07. The number of β-amino-alcohol motifs (C(OH)–C–C–N with tert-alkyl or cyclic N) is 1. The predicted octanol–water partition coefficient (Wildman–Crippen LogP) is 1.44. The van der Waals surface area contributed by atoms with E-state index in [-0.39, 0.29) is 31.9 Å². The quantitative estimate of drug-likeness (QED) is 0.688. The number of aliphatic hydroxyl groups is 1. The maximum atomic E-state index is 11.5. The average molecular weight is 302 g/mol. The fourth-order valence-electron chi connectivity index (χ4n) is 4.49. The van der Waals surface area contributed by atoms with Crippen molar-refractivity contribution in [2.24, 2.45) is 16.7 Å². The summed E-state index contributed by atoms with van der Waals surface area (Å²) < 4.78 is 1.91. The van der Waals surface area contributed by atoms with Crippen LogP contribution in [-0.2, 0) is 4.79 Å². The van der Waals surface area contributed by atoms with Crippen molar-refractivity contribution in [3.8, 4) is 0 Å². The summed E-state index contributed by atoms with van der Waals surface area (Å²) in [6.07, 6.45) is 2.34. The standard InChI is InChI=1S/C13H21NO2Se/c1-8(15)14-7-13(16)10(17-14)9-5-6-12(13,4)11(9,2)3/h9-10,16H,5-7H2,1-4H3/t9-,10+,12-,13+/m0/s1. The summed E-state index contributed by atoms with van der Waals surface area (Å²) in [5.74, 6) is 0.732. The molecule has 0 aromatic heterocycles. The number of carbonyl (C=O) groups excluding carboxylic acids is 1. The summed E-state index contributed by atoms with van der Waals surface area (Å²) in [4.78, 5) is 11.9. The van der Waals surface area contributed by atoms with Gasteiger partial charge < -0.3 is 0 Å². The van der Waals surface area contributed by atoms with Crippen LogP contribution in [0, 0.1) is 16.7 Å². The van der Waals surface area contributed by atoms with E-state index in [4.69, 9.17) is 0 Å². The number of hydrogen-bond acceptors (Lipinski definition) is 2. The zero-order valence-corrected chi connectivity index (χ0v) is 12.7. The third kappa shape index (κ3) is 1.11. The van der Waals surface area contributed by atoms with Crippen LogP contribution in [0.2, 0.25) is 4.82 Å². The SMILES string of the molecule is CC(=O)N1C[C@@]2(O)[C@H]([Se]1)[C@@H]1CC[C@@]2(C)C1(C)C. The molecule has 2 aliphatic carbocycles. The van der Waals surface area contributed by atoms with Crippen LogP contribution in [-0.4, -0.2) is 42.3 Å². The van der Waals surface area contributed by atoms with Gasteiger partial charge in [-0.25, -0.2) is 0 Å². The normalized spacial score (nSPS) is 50.8. The Morgan fingerprint density at radius 1 is 1.41 bits per heavy atom. The molecule has 1 saturated heterocycles. The molecule has 1 N–H and O–H groups in total. The molecule has 0 unspecified atom stereocenters. The van der Waals surface area contributed by atoms with E-state index in [1.165, 1.54) is 6.42 Å². The van der Waals surface area contributed by atoms with Gasteiger partial charge in [0.1, 0.15) is 0 Å². The number of carbonyl (C=O) groups is 1. The molecule has 1 amide bonds. The van der Waals surface area contributed by atoms with Gasteiger partial charge in [-0.15, -0.1) is 0 Å². The van der Waals surface area contributed by atoms with Crippen LogP contribution < -0.4 is 0 Å². The second-order valence-corrected chi connectivity index (χ2v) is 9.14. The Kier molecular flexibility index (Phi) is 2.18. The van der Waals surface area contributed by atoms with E-state index in [1.54, 1.807) is 6.92 Å². The fraction of sp³-hybridized carbons (Fsp3) is 0.923. The van der Waals surface area contributed by atoms with Crippen molar-refractivity contribution >= 4 is 21.1 Å². The predicted molar refractivity (Wildman–Crippen MR) is 66.5 cm³/mol. The first-order valence-corrected chi connectivity index (χ1v) is 8.17. The number of hydrogen-bond donors (Lipinski definition) is 1. The van der Waals surface area contributed by atoms with Crippen molar-refractivity contribution in [2.45, 2.75) is 51.0 Å². The third-order valence-electron chi connectivity index (χ3n) is 6.07. The first-order valence-electron chi connectivity index (χ1n) is 6.41. The van der Waals surface area contributed by atoms with Crippen molar-refractivity contribution in [3.63, 3.8) is 0 Å². The molecule has 0 radical (unpaired) electrons. The van der Waals surface area contributed by atoms with Gasteiger partial charge in [0, 0.05) is 0 Å². The minimum atomic E-state index is -0.620. The Balaban J connectivity index is 2.03. The van der Waals surface area contributed by atoms with E-state index in [0.717, 1.165) is 6.42 Å². The van der Waals surface area contributed by atoms with E-state index < -0.39 is 5.60 Å². The second kappa shape index (κ2) is 3.09. The molecule has 2 bridgehead atoms. The molecule has 2 saturated carbocycles. The molecule has 4 heteroatoms. The molecule has 1 heterocycles. The summed E-state index contributed by atoms with van der Waals surface area (Å²) >= 11 is 0.140. The van der Waals surface area contributed by atoms with Gasteiger partial charge in [0.05, 0.1) is 0 Å². The van der Waals surface area contributed by atoms with Gasteiger partial charge in [0.15, 0.2) is 0 Å². The van der Waals surface area contributed by atoms with Crippen molar-refractivity contribution in [3.05, 3.63) is 0 Å². The molecule has 3 aliphatic rings. The van der Waals surface area contributed by atoms with Crippen molar-refractivity contribution < 1.29 is 9.90 Å². The van der Waals surface area contributed by atoms with Crippen molar-refractivity contribution in [2.75, 3.05) is 6.54 Å². The van der Waals surface area contributed by atoms with Crippen LogP contribution in [0.5, 0.6) is 0 Å². The molecule has 3 nitrogen and oxygen atoms in total. The zero-order chi connectivity index (χ0) is 12.6. The topological polar surface area (TPSA) is 40.5 Å². The maximum absolute atomic E-state index is 11.5. The Bertz CT molecular complexity index is 397. The van der Waals surface area contributed by atoms with Gasteiger partial charge in [0.2, 0.25) is 0 Å². The summed E-state index contributed by atoms with van der Waals surface area (Å²) in [6, 6.07) is 0. The van der Waals surface area contributed by atoms with E-state index in [0.29, 0.717) is 17.3 Å². The molecular weight excluding hydrogens is 281 g/mol. The van der Waals surface area contributed by atoms with Gasteiger partial charge in [-0.1, -0.05) is 0 Å². The van der Waals surface area contributed by atoms with E-state index in [1.807, 2.05) is 3.92 Å². The Labute approximate surface area is 109 Å². The molecule has 0 aromatic rings. The van der Waals surface area contributed by atoms with Gasteiger partial charge in [-0.3, -0.25) is 0 Å². The molecule has 0 aromatic carbocycles. The first-order chi connectivity index (χ1) is 7.74. The van der Waals surface area contributed by atoms with Gasteiger partial charge in [-0.05, 0) is 0 Å². The first kappa shape index (κ1) is 12.0. The second-order valence-electron chi connectivity index (χ2n) is 6.70. The summed E-state index contributed by atoms with van der Waals surface area (Å²) in [5.41, 5.74) is -0.413. The number of fused-ring (bicyclic) bond motifs is 5. The molecule has 3 fully saturated rings. The van der Waals surface area contributed by atoms with Crippen LogP contribution in [0.1, 0.15) is 40.5 Å². The van der Waals surface area contributed by atoms with E-state index in [9.17, 15) is 9.90 Å². The molecule has 1 aliphatic heterocycles. The van der Waals surface area contributed by atoms with Gasteiger partial charge in [0.25, 0.3) is 0 Å². The number of nitrogens with zero attached hydrogens (tertiary/aromatic N) is 1. The van der Waals surface area contributed by atoms with E-state index in [2.05, 4.69) is 20.8 Å². The van der Waals surface area contributed by atoms with Crippen LogP contribution in [0.3, 0.4) is 0 Å². The van der Waals surface area contributed by atoms with Crippen molar-refractivity contribution in [1.82, 2.24) is 3.92 Å². The monoisotopic (exact) mass is 303 g/mol. The average Bonchev–Trinajstić information content (AvgIpc) is 2.71. The number of amides is 1. The summed E-state index contributed by atoms with van der Waals surface area (Å²) in [5, 5.41) is 11.2. The Morgan fingerprint density at radius 2 is 2.06 bits per heavy atom. The minimum absolute atomic E-state index is 0.0126. The van der Waals surface area contributed by atoms with Gasteiger partial charge >= 0.3 is 109 Å². The third-order valence-corrected chi connectivity index (χ3v) is 9.40. The number of rotatable bonds is 0. The van der Waals surface area contributed by atoms with Gasteiger partial charge in [-0.2, -0.15) is 0 Å². The molecule has 3 rings (SSSR count). The Morgan fingerprint density at radius 3 is 2.59 bits per heavy atom. The zero-order valence-electron chi connectivity index (χ0n) is 11.0. The molecular formula is C13H21NO2Se. The fourth-order valence-corrected chi connectivity index (χ4v) is 8.32. The van der Waals surface area contributed by atoms with Crippen LogP contribution in [0.25, 0.3) is 0 Å². The summed E-state index contributed by atoms with van der Waals surface area (Å²) in [7, 11) is 0. The molecule has 0 spiro atoms. The molecule has 4 atom stereocenters. The van der Waals surface area contributed by atoms with Crippen LogP contribution in [0.4, 0.5) is 0 Å². The molecule has 96 valence electrons. The Hall–Kier alpha value is -0.0505. The van der Waals surface area contributed by atoms with Crippen LogP contribution in [0.15, 0.2) is 0 Å². The van der Waals surface area contributed by atoms with Crippen molar-refractivity contribution in [1.29, 1.82) is 0 Å². The van der Waals surface area contributed by atoms with Crippen LogP contribution >= 0.6 is 0 Å². The van der Waals surface area contributed by atoms with E-state index >= 15 is 0 Å². The molecule has 17 heavy (non-hydrogen) atoms.